The molecule has 1 saturated heterocycles. The Morgan fingerprint density at radius 1 is 1.12 bits per heavy atom. The average Bonchev–Trinajstić information content (AvgIpc) is 3.53. The molecule has 33 heavy (non-hydrogen) atoms. The predicted octanol–water partition coefficient (Wildman–Crippen LogP) is 5.42. The number of ether oxygens (including phenoxy) is 3. The van der Waals surface area contributed by atoms with E-state index in [1.165, 1.54) is 31.5 Å². The molecule has 0 aliphatic carbocycles. The Balaban J connectivity index is 1.59. The van der Waals surface area contributed by atoms with Crippen LogP contribution in [0.4, 0.5) is 18.9 Å². The quantitative estimate of drug-likeness (QED) is 0.455. The van der Waals surface area contributed by atoms with Crippen molar-refractivity contribution in [3.05, 3.63) is 77.1 Å². The van der Waals surface area contributed by atoms with Crippen molar-refractivity contribution >= 4 is 11.7 Å². The van der Waals surface area contributed by atoms with Crippen molar-refractivity contribution in [3.63, 3.8) is 0 Å². The van der Waals surface area contributed by atoms with E-state index in [2.05, 4.69) is 10.3 Å². The predicted molar refractivity (Wildman–Crippen MR) is 112 cm³/mol. The molecule has 0 bridgehead atoms. The first-order chi connectivity index (χ1) is 15.7. The number of halogens is 3. The lowest BCUT2D eigenvalue weighted by Gasteiger charge is -2.15. The number of carboxylic acid groups (broad SMARTS) is 1. The van der Waals surface area contributed by atoms with E-state index in [4.69, 9.17) is 19.3 Å². The fourth-order valence-electron chi connectivity index (χ4n) is 3.25. The monoisotopic (exact) mass is 460 g/mol. The van der Waals surface area contributed by atoms with Crippen LogP contribution in [0.15, 0.2) is 54.7 Å². The fraction of sp³-hybridized carbons (Fsp3) is 0.217. The third-order valence-electron chi connectivity index (χ3n) is 5.03. The molecule has 3 aromatic rings. The van der Waals surface area contributed by atoms with Gasteiger partial charge in [-0.2, -0.15) is 13.2 Å². The van der Waals surface area contributed by atoms with Crippen LogP contribution in [0.25, 0.3) is 0 Å². The van der Waals surface area contributed by atoms with Crippen molar-refractivity contribution in [3.8, 4) is 17.2 Å². The van der Waals surface area contributed by atoms with Crippen LogP contribution in [0.2, 0.25) is 0 Å². The number of nitrogens with one attached hydrogen (secondary N) is 1. The Labute approximate surface area is 186 Å². The standard InChI is InChI=1S/C23H19F3N2O5/c1-12-9-15(31-2)5-8-18(12)32-19-7-3-13(23(24,25)26)10-16(19)20-21(33-20)28-14-4-6-17(22(29)30)27-11-14/h3-11,20-21,28H,1-2H3,(H,29,30). The van der Waals surface area contributed by atoms with Crippen LogP contribution in [-0.2, 0) is 10.9 Å². The minimum Gasteiger partial charge on any atom is -0.497 e. The summed E-state index contributed by atoms with van der Waals surface area (Å²) in [4.78, 5) is 14.7. The van der Waals surface area contributed by atoms with Crippen LogP contribution in [-0.4, -0.2) is 29.4 Å². The number of carboxylic acids is 1. The van der Waals surface area contributed by atoms with E-state index in [9.17, 15) is 18.0 Å². The van der Waals surface area contributed by atoms with Crippen molar-refractivity contribution in [2.75, 3.05) is 12.4 Å². The molecule has 0 radical (unpaired) electrons. The van der Waals surface area contributed by atoms with Crippen LogP contribution in [0.1, 0.15) is 33.3 Å². The number of epoxide rings is 1. The minimum absolute atomic E-state index is 0.128. The van der Waals surface area contributed by atoms with E-state index in [1.54, 1.807) is 25.1 Å². The van der Waals surface area contributed by atoms with Gasteiger partial charge in [-0.25, -0.2) is 9.78 Å². The Kier molecular flexibility index (Phi) is 5.86. The molecule has 1 fully saturated rings. The maximum atomic E-state index is 13.3. The van der Waals surface area contributed by atoms with Gasteiger partial charge >= 0.3 is 12.1 Å². The Morgan fingerprint density at radius 3 is 2.48 bits per heavy atom. The summed E-state index contributed by atoms with van der Waals surface area (Å²) in [6.45, 7) is 1.80. The number of hydrogen-bond donors (Lipinski definition) is 2. The number of aromatic carboxylic acids is 1. The van der Waals surface area contributed by atoms with Gasteiger partial charge in [0, 0.05) is 5.56 Å². The molecule has 0 spiro atoms. The van der Waals surface area contributed by atoms with Gasteiger partial charge in [0.1, 0.15) is 29.0 Å². The number of alkyl halides is 3. The van der Waals surface area contributed by atoms with E-state index < -0.39 is 30.0 Å². The molecule has 4 rings (SSSR count). The Hall–Kier alpha value is -3.79. The number of anilines is 1. The molecule has 1 aliphatic rings. The highest BCUT2D eigenvalue weighted by Gasteiger charge is 2.44. The Bertz CT molecular complexity index is 1180. The van der Waals surface area contributed by atoms with Gasteiger partial charge in [-0.15, -0.1) is 0 Å². The van der Waals surface area contributed by atoms with Crippen molar-refractivity contribution in [1.29, 1.82) is 0 Å². The number of rotatable bonds is 7. The van der Waals surface area contributed by atoms with E-state index in [1.807, 2.05) is 0 Å². The summed E-state index contributed by atoms with van der Waals surface area (Å²) in [6.07, 6.45) is -4.56. The van der Waals surface area contributed by atoms with Crippen LogP contribution >= 0.6 is 0 Å². The van der Waals surface area contributed by atoms with Gasteiger partial charge < -0.3 is 24.6 Å². The molecule has 0 amide bonds. The Morgan fingerprint density at radius 2 is 1.88 bits per heavy atom. The molecule has 2 heterocycles. The largest absolute Gasteiger partial charge is 0.497 e. The number of methoxy groups -OCH3 is 1. The highest BCUT2D eigenvalue weighted by atomic mass is 19.4. The molecule has 2 N–H and O–H groups in total. The summed E-state index contributed by atoms with van der Waals surface area (Å²) in [6, 6.07) is 11.2. The third-order valence-corrected chi connectivity index (χ3v) is 5.03. The van der Waals surface area contributed by atoms with E-state index in [-0.39, 0.29) is 17.0 Å². The fourth-order valence-corrected chi connectivity index (χ4v) is 3.25. The van der Waals surface area contributed by atoms with Gasteiger partial charge in [0.2, 0.25) is 0 Å². The molecular weight excluding hydrogens is 441 g/mol. The van der Waals surface area contributed by atoms with Gasteiger partial charge in [0.05, 0.1) is 24.6 Å². The van der Waals surface area contributed by atoms with Crippen LogP contribution in [0, 0.1) is 6.92 Å². The average molecular weight is 460 g/mol. The summed E-state index contributed by atoms with van der Waals surface area (Å²) in [5.74, 6) is 0.159. The molecule has 7 nitrogen and oxygen atoms in total. The summed E-state index contributed by atoms with van der Waals surface area (Å²) < 4.78 is 56.7. The van der Waals surface area contributed by atoms with E-state index in [0.717, 1.165) is 17.7 Å². The SMILES string of the molecule is COc1ccc(Oc2ccc(C(F)(F)F)cc2C2OC2Nc2ccc(C(=O)O)nc2)c(C)c1. The maximum absolute atomic E-state index is 13.3. The zero-order valence-corrected chi connectivity index (χ0v) is 17.5. The normalized spacial score (nSPS) is 17.4. The summed E-state index contributed by atoms with van der Waals surface area (Å²) >= 11 is 0. The highest BCUT2D eigenvalue weighted by Crippen LogP contribution is 2.46. The van der Waals surface area contributed by atoms with Gasteiger partial charge in [0.25, 0.3) is 0 Å². The van der Waals surface area contributed by atoms with Gasteiger partial charge in [-0.05, 0) is 61.0 Å². The second-order valence-electron chi connectivity index (χ2n) is 7.34. The first-order valence-electron chi connectivity index (χ1n) is 9.80. The minimum atomic E-state index is -4.53. The molecular formula is C23H19F3N2O5. The topological polar surface area (TPSA) is 93.2 Å². The van der Waals surface area contributed by atoms with E-state index in [0.29, 0.717) is 17.2 Å². The van der Waals surface area contributed by atoms with Crippen LogP contribution < -0.4 is 14.8 Å². The number of hydrogen-bond acceptors (Lipinski definition) is 6. The van der Waals surface area contributed by atoms with Crippen molar-refractivity contribution in [1.82, 2.24) is 4.98 Å². The number of aromatic nitrogens is 1. The molecule has 10 heteroatoms. The van der Waals surface area contributed by atoms with Crippen molar-refractivity contribution < 1.29 is 37.3 Å². The second-order valence-corrected chi connectivity index (χ2v) is 7.34. The summed E-state index contributed by atoms with van der Waals surface area (Å²) in [7, 11) is 1.53. The highest BCUT2D eigenvalue weighted by molar-refractivity contribution is 5.85. The van der Waals surface area contributed by atoms with Crippen LogP contribution in [0.5, 0.6) is 17.2 Å². The molecule has 0 saturated carbocycles. The molecule has 1 aliphatic heterocycles. The number of pyridine rings is 1. The van der Waals surface area contributed by atoms with E-state index >= 15 is 0 Å². The van der Waals surface area contributed by atoms with Crippen molar-refractivity contribution in [2.24, 2.45) is 0 Å². The van der Waals surface area contributed by atoms with Gasteiger partial charge in [-0.3, -0.25) is 0 Å². The van der Waals surface area contributed by atoms with Gasteiger partial charge in [0.15, 0.2) is 6.23 Å². The number of nitrogens with zero attached hydrogens (tertiary/aromatic N) is 1. The molecule has 172 valence electrons. The maximum Gasteiger partial charge on any atom is 0.416 e. The lowest BCUT2D eigenvalue weighted by atomic mass is 10.1. The first kappa shape index (κ1) is 22.4. The molecule has 2 unspecified atom stereocenters. The number of benzene rings is 2. The third kappa shape index (κ3) is 5.01. The summed E-state index contributed by atoms with van der Waals surface area (Å²) in [5, 5.41) is 11.9. The second kappa shape index (κ2) is 8.62. The lowest BCUT2D eigenvalue weighted by Crippen LogP contribution is -2.09. The first-order valence-corrected chi connectivity index (χ1v) is 9.80. The number of aryl methyl sites for hydroxylation is 1. The smallest absolute Gasteiger partial charge is 0.416 e. The zero-order chi connectivity index (χ0) is 23.8. The number of carbonyl (C=O) groups is 1. The van der Waals surface area contributed by atoms with Crippen molar-refractivity contribution in [2.45, 2.75) is 25.4 Å². The zero-order valence-electron chi connectivity index (χ0n) is 17.5. The lowest BCUT2D eigenvalue weighted by molar-refractivity contribution is -0.137. The van der Waals surface area contributed by atoms with Crippen LogP contribution in [0.3, 0.4) is 0 Å². The van der Waals surface area contributed by atoms with Gasteiger partial charge in [-0.1, -0.05) is 0 Å². The molecule has 1 aromatic heterocycles. The summed E-state index contributed by atoms with van der Waals surface area (Å²) in [5.41, 5.74) is 0.493. The molecule has 2 aromatic carbocycles. The molecule has 2 atom stereocenters.